The smallest absolute Gasteiger partial charge is 0.0541 e. The van der Waals surface area contributed by atoms with Gasteiger partial charge in [0.25, 0.3) is 0 Å². The number of hydrogen-bond acceptors (Lipinski definition) is 0. The van der Waals surface area contributed by atoms with Gasteiger partial charge in [-0.15, -0.1) is 0 Å². The molecular formula is C58H43N3. The van der Waals surface area contributed by atoms with Crippen molar-refractivity contribution in [2.75, 3.05) is 0 Å². The molecule has 0 fully saturated rings. The Morgan fingerprint density at radius 3 is 0.902 bits per heavy atom. The number of aromatic nitrogens is 3. The summed E-state index contributed by atoms with van der Waals surface area (Å²) in [5, 5.41) is 7.62. The van der Waals surface area contributed by atoms with Gasteiger partial charge in [0.1, 0.15) is 0 Å². The molecule has 0 amide bonds. The fraction of sp³-hybridized carbons (Fsp3) is 0.0690. The Kier molecular flexibility index (Phi) is 7.79. The molecule has 0 saturated heterocycles. The van der Waals surface area contributed by atoms with Crippen LogP contribution in [0.1, 0.15) is 22.3 Å². The van der Waals surface area contributed by atoms with Crippen molar-refractivity contribution >= 4 is 65.4 Å². The van der Waals surface area contributed by atoms with Gasteiger partial charge in [0.15, 0.2) is 0 Å². The lowest BCUT2D eigenvalue weighted by atomic mass is 9.92. The third-order valence-electron chi connectivity index (χ3n) is 13.1. The van der Waals surface area contributed by atoms with Gasteiger partial charge in [0.05, 0.1) is 33.1 Å². The van der Waals surface area contributed by atoms with Crippen LogP contribution in [-0.2, 0) is 0 Å². The van der Waals surface area contributed by atoms with Crippen LogP contribution >= 0.6 is 0 Å². The largest absolute Gasteiger partial charge is 0.309 e. The van der Waals surface area contributed by atoms with Gasteiger partial charge >= 0.3 is 0 Å². The predicted molar refractivity (Wildman–Crippen MR) is 259 cm³/mol. The molecular weight excluding hydrogens is 739 g/mol. The number of rotatable bonds is 5. The number of fused-ring (bicyclic) bond motifs is 9. The molecule has 61 heavy (non-hydrogen) atoms. The maximum Gasteiger partial charge on any atom is 0.0541 e. The number of para-hydroxylation sites is 5. The molecule has 0 atom stereocenters. The number of aryl methyl sites for hydroxylation is 4. The van der Waals surface area contributed by atoms with E-state index in [9.17, 15) is 0 Å². The lowest BCUT2D eigenvalue weighted by Crippen LogP contribution is -1.98. The van der Waals surface area contributed by atoms with E-state index in [1.165, 1.54) is 121 Å². The average Bonchev–Trinajstić information content (AvgIpc) is 3.92. The number of benzene rings is 9. The summed E-state index contributed by atoms with van der Waals surface area (Å²) in [6.45, 7) is 9.07. The summed E-state index contributed by atoms with van der Waals surface area (Å²) in [5.74, 6) is 0. The molecule has 3 heterocycles. The molecule has 12 rings (SSSR count). The fourth-order valence-electron chi connectivity index (χ4n) is 10.6. The van der Waals surface area contributed by atoms with Crippen molar-refractivity contribution in [1.82, 2.24) is 13.7 Å². The van der Waals surface area contributed by atoms with Crippen molar-refractivity contribution in [2.24, 2.45) is 0 Å². The molecule has 0 unspecified atom stereocenters. The van der Waals surface area contributed by atoms with Gasteiger partial charge in [0.2, 0.25) is 0 Å². The van der Waals surface area contributed by atoms with E-state index in [1.54, 1.807) is 0 Å². The first-order chi connectivity index (χ1) is 29.9. The van der Waals surface area contributed by atoms with Crippen molar-refractivity contribution < 1.29 is 0 Å². The van der Waals surface area contributed by atoms with Crippen molar-refractivity contribution in [3.05, 3.63) is 210 Å². The summed E-state index contributed by atoms with van der Waals surface area (Å²) in [7, 11) is 0. The monoisotopic (exact) mass is 781 g/mol. The minimum atomic E-state index is 1.16. The Bertz CT molecular complexity index is 3360. The van der Waals surface area contributed by atoms with Crippen LogP contribution in [0.3, 0.4) is 0 Å². The van der Waals surface area contributed by atoms with Crippen LogP contribution in [0.4, 0.5) is 0 Å². The number of nitrogens with zero attached hydrogens (tertiary/aromatic N) is 3. The molecule has 3 nitrogen and oxygen atoms in total. The maximum atomic E-state index is 2.43. The number of hydrogen-bond donors (Lipinski definition) is 0. The van der Waals surface area contributed by atoms with E-state index >= 15 is 0 Å². The third-order valence-corrected chi connectivity index (χ3v) is 13.1. The summed E-state index contributed by atoms with van der Waals surface area (Å²) in [6.07, 6.45) is 0. The van der Waals surface area contributed by atoms with Crippen LogP contribution in [0.25, 0.3) is 105 Å². The normalized spacial score (nSPS) is 11.9. The van der Waals surface area contributed by atoms with Crippen LogP contribution in [0.15, 0.2) is 188 Å². The van der Waals surface area contributed by atoms with Gasteiger partial charge < -0.3 is 13.7 Å². The first-order valence-electron chi connectivity index (χ1n) is 21.3. The molecule has 3 heteroatoms. The summed E-state index contributed by atoms with van der Waals surface area (Å²) < 4.78 is 7.27. The maximum absolute atomic E-state index is 2.43. The molecule has 0 aliphatic rings. The van der Waals surface area contributed by atoms with Gasteiger partial charge in [0, 0.05) is 49.4 Å². The highest BCUT2D eigenvalue weighted by Crippen LogP contribution is 2.42. The zero-order valence-corrected chi connectivity index (χ0v) is 34.7. The van der Waals surface area contributed by atoms with Gasteiger partial charge in [-0.1, -0.05) is 103 Å². The highest BCUT2D eigenvalue weighted by Gasteiger charge is 2.20. The molecule has 290 valence electrons. The van der Waals surface area contributed by atoms with E-state index in [2.05, 4.69) is 229 Å². The van der Waals surface area contributed by atoms with Gasteiger partial charge in [-0.25, -0.2) is 0 Å². The molecule has 0 aliphatic carbocycles. The molecule has 3 aromatic heterocycles. The topological polar surface area (TPSA) is 14.8 Å². The van der Waals surface area contributed by atoms with Crippen LogP contribution in [0.5, 0.6) is 0 Å². The van der Waals surface area contributed by atoms with E-state index in [4.69, 9.17) is 0 Å². The van der Waals surface area contributed by atoms with Crippen molar-refractivity contribution in [2.45, 2.75) is 27.7 Å². The standard InChI is InChI=1S/C58H43N3/c1-36-30-43(60-51-22-12-8-18-45(51)46-19-9-13-23-52(46)60)31-37(2)57(36)40-26-28-55-49(34-40)50-35-41(27-29-56(50)59(55)42-16-6-5-7-17-42)58-38(3)32-44(33-39(58)4)61-53-24-14-10-20-47(53)48-21-11-15-25-54(48)61/h5-35H,1-4H3. The third kappa shape index (κ3) is 5.30. The van der Waals surface area contributed by atoms with Crippen LogP contribution in [-0.4, -0.2) is 13.7 Å². The molecule has 0 spiro atoms. The quantitative estimate of drug-likeness (QED) is 0.165. The Balaban J connectivity index is 1.02. The van der Waals surface area contributed by atoms with Crippen LogP contribution in [0, 0.1) is 27.7 Å². The van der Waals surface area contributed by atoms with E-state index in [0.717, 1.165) is 5.69 Å². The Labute approximate surface area is 355 Å². The minimum absolute atomic E-state index is 1.16. The Hall–Kier alpha value is -7.62. The van der Waals surface area contributed by atoms with E-state index in [1.807, 2.05) is 0 Å². The van der Waals surface area contributed by atoms with Gasteiger partial charge in [-0.05, 0) is 157 Å². The van der Waals surface area contributed by atoms with Crippen LogP contribution in [0.2, 0.25) is 0 Å². The summed E-state index contributed by atoms with van der Waals surface area (Å²) in [5.41, 5.74) is 21.0. The zero-order chi connectivity index (χ0) is 40.9. The molecule has 0 radical (unpaired) electrons. The first-order valence-corrected chi connectivity index (χ1v) is 21.3. The summed E-state index contributed by atoms with van der Waals surface area (Å²) in [4.78, 5) is 0. The van der Waals surface area contributed by atoms with Gasteiger partial charge in [-0.3, -0.25) is 0 Å². The second kappa shape index (κ2) is 13.5. The fourth-order valence-corrected chi connectivity index (χ4v) is 10.6. The molecule has 0 aliphatic heterocycles. The first kappa shape index (κ1) is 35.3. The minimum Gasteiger partial charge on any atom is -0.309 e. The average molecular weight is 782 g/mol. The molecule has 0 bridgehead atoms. The SMILES string of the molecule is Cc1cc(-n2c3ccccc3c3ccccc32)cc(C)c1-c1ccc2c(c1)c1cc(-c3c(C)cc(-n4c5ccccc5c5ccccc54)cc3C)ccc1n2-c1ccccc1. The molecule has 12 aromatic rings. The van der Waals surface area contributed by atoms with E-state index in [0.29, 0.717) is 0 Å². The zero-order valence-electron chi connectivity index (χ0n) is 34.7. The molecule has 0 N–H and O–H groups in total. The van der Waals surface area contributed by atoms with Gasteiger partial charge in [-0.2, -0.15) is 0 Å². The Morgan fingerprint density at radius 2 is 0.541 bits per heavy atom. The summed E-state index contributed by atoms with van der Waals surface area (Å²) >= 11 is 0. The highest BCUT2D eigenvalue weighted by atomic mass is 15.0. The lowest BCUT2D eigenvalue weighted by molar-refractivity contribution is 1.16. The summed E-state index contributed by atoms with van der Waals surface area (Å²) in [6, 6.07) is 69.4. The lowest BCUT2D eigenvalue weighted by Gasteiger charge is -2.16. The second-order valence-corrected chi connectivity index (χ2v) is 16.8. The Morgan fingerprint density at radius 1 is 0.246 bits per heavy atom. The van der Waals surface area contributed by atoms with E-state index in [-0.39, 0.29) is 0 Å². The van der Waals surface area contributed by atoms with Crippen molar-refractivity contribution in [3.63, 3.8) is 0 Å². The van der Waals surface area contributed by atoms with Crippen molar-refractivity contribution in [3.8, 4) is 39.3 Å². The second-order valence-electron chi connectivity index (χ2n) is 16.8. The van der Waals surface area contributed by atoms with Crippen LogP contribution < -0.4 is 0 Å². The molecule has 0 saturated carbocycles. The van der Waals surface area contributed by atoms with E-state index < -0.39 is 0 Å². The highest BCUT2D eigenvalue weighted by molar-refractivity contribution is 6.13. The predicted octanol–water partition coefficient (Wildman–Crippen LogP) is 15.5. The van der Waals surface area contributed by atoms with Crippen molar-refractivity contribution in [1.29, 1.82) is 0 Å². The molecule has 9 aromatic carbocycles.